The SMILES string of the molecule is O=[N+]([O-])c1ccccc1Nc1ccc(S(=O)(=O)c2ccccc2)cc1. The molecular weight excluding hydrogens is 340 g/mol. The Labute approximate surface area is 144 Å². The highest BCUT2D eigenvalue weighted by Crippen LogP contribution is 2.28. The lowest BCUT2D eigenvalue weighted by Crippen LogP contribution is -2.02. The van der Waals surface area contributed by atoms with Gasteiger partial charge in [0.1, 0.15) is 5.69 Å². The molecular formula is C18H14N2O4S. The van der Waals surface area contributed by atoms with E-state index in [1.165, 1.54) is 30.3 Å². The molecule has 126 valence electrons. The van der Waals surface area contributed by atoms with Crippen LogP contribution in [0.15, 0.2) is 88.7 Å². The fraction of sp³-hybridized carbons (Fsp3) is 0. The van der Waals surface area contributed by atoms with E-state index in [0.717, 1.165) is 0 Å². The van der Waals surface area contributed by atoms with Gasteiger partial charge in [0.15, 0.2) is 0 Å². The van der Waals surface area contributed by atoms with Crippen LogP contribution in [-0.2, 0) is 9.84 Å². The Morgan fingerprint density at radius 1 is 0.760 bits per heavy atom. The molecule has 0 spiro atoms. The Kier molecular flexibility index (Phi) is 4.49. The molecule has 7 heteroatoms. The molecule has 6 nitrogen and oxygen atoms in total. The Morgan fingerprint density at radius 2 is 1.32 bits per heavy atom. The minimum atomic E-state index is -3.59. The van der Waals surface area contributed by atoms with Crippen molar-refractivity contribution in [2.45, 2.75) is 9.79 Å². The van der Waals surface area contributed by atoms with Gasteiger partial charge in [-0.3, -0.25) is 10.1 Å². The maximum Gasteiger partial charge on any atom is 0.292 e. The highest BCUT2D eigenvalue weighted by molar-refractivity contribution is 7.91. The lowest BCUT2D eigenvalue weighted by atomic mass is 10.2. The van der Waals surface area contributed by atoms with Crippen molar-refractivity contribution in [3.63, 3.8) is 0 Å². The van der Waals surface area contributed by atoms with Gasteiger partial charge in [-0.05, 0) is 42.5 Å². The molecule has 25 heavy (non-hydrogen) atoms. The minimum Gasteiger partial charge on any atom is -0.350 e. The molecule has 0 aliphatic rings. The third kappa shape index (κ3) is 3.51. The second-order valence-corrected chi connectivity index (χ2v) is 7.19. The maximum absolute atomic E-state index is 12.5. The van der Waals surface area contributed by atoms with Crippen molar-refractivity contribution in [2.75, 3.05) is 5.32 Å². The molecule has 0 saturated carbocycles. The predicted molar refractivity (Wildman–Crippen MR) is 94.7 cm³/mol. The van der Waals surface area contributed by atoms with E-state index in [1.807, 2.05) is 0 Å². The molecule has 0 unspecified atom stereocenters. The standard InChI is InChI=1S/C18H14N2O4S/c21-20(22)18-9-5-4-8-17(18)19-14-10-12-16(13-11-14)25(23,24)15-6-2-1-3-7-15/h1-13,19H. The Morgan fingerprint density at radius 3 is 1.96 bits per heavy atom. The van der Waals surface area contributed by atoms with Gasteiger partial charge < -0.3 is 5.32 Å². The van der Waals surface area contributed by atoms with Crippen LogP contribution < -0.4 is 5.32 Å². The Hall–Kier alpha value is -3.19. The molecule has 0 saturated heterocycles. The van der Waals surface area contributed by atoms with Crippen molar-refractivity contribution in [2.24, 2.45) is 0 Å². The summed E-state index contributed by atoms with van der Waals surface area (Å²) in [6.45, 7) is 0. The average Bonchev–Trinajstić information content (AvgIpc) is 2.63. The smallest absolute Gasteiger partial charge is 0.292 e. The van der Waals surface area contributed by atoms with Crippen LogP contribution in [0.25, 0.3) is 0 Å². The van der Waals surface area contributed by atoms with Crippen molar-refractivity contribution in [3.05, 3.63) is 89.0 Å². The van der Waals surface area contributed by atoms with Crippen molar-refractivity contribution in [1.82, 2.24) is 0 Å². The van der Waals surface area contributed by atoms with E-state index in [1.54, 1.807) is 48.5 Å². The first-order chi connectivity index (χ1) is 12.0. The number of benzene rings is 3. The zero-order valence-electron chi connectivity index (χ0n) is 13.0. The van der Waals surface area contributed by atoms with Gasteiger partial charge in [0.05, 0.1) is 14.7 Å². The second kappa shape index (κ2) is 6.74. The number of nitro benzene ring substituents is 1. The van der Waals surface area contributed by atoms with E-state index in [0.29, 0.717) is 11.4 Å². The average molecular weight is 354 g/mol. The molecule has 3 aromatic carbocycles. The van der Waals surface area contributed by atoms with Crippen LogP contribution in [0.3, 0.4) is 0 Å². The molecule has 0 atom stereocenters. The summed E-state index contributed by atoms with van der Waals surface area (Å²) >= 11 is 0. The minimum absolute atomic E-state index is 0.0523. The summed E-state index contributed by atoms with van der Waals surface area (Å²) in [4.78, 5) is 10.9. The third-order valence-electron chi connectivity index (χ3n) is 3.60. The van der Waals surface area contributed by atoms with Crippen LogP contribution in [0.1, 0.15) is 0 Å². The Balaban J connectivity index is 1.88. The van der Waals surface area contributed by atoms with Crippen LogP contribution >= 0.6 is 0 Å². The van der Waals surface area contributed by atoms with Gasteiger partial charge in [-0.1, -0.05) is 30.3 Å². The molecule has 0 aromatic heterocycles. The van der Waals surface area contributed by atoms with Gasteiger partial charge in [0.2, 0.25) is 9.84 Å². The zero-order valence-corrected chi connectivity index (χ0v) is 13.8. The molecule has 0 aliphatic heterocycles. The van der Waals surface area contributed by atoms with E-state index in [4.69, 9.17) is 0 Å². The molecule has 3 rings (SSSR count). The molecule has 0 radical (unpaired) electrons. The number of anilines is 2. The number of rotatable bonds is 5. The van der Waals surface area contributed by atoms with E-state index >= 15 is 0 Å². The van der Waals surface area contributed by atoms with Crippen LogP contribution in [0, 0.1) is 10.1 Å². The normalized spacial score (nSPS) is 11.0. The fourth-order valence-corrected chi connectivity index (χ4v) is 3.63. The molecule has 1 N–H and O–H groups in total. The Bertz CT molecular complexity index is 1000. The lowest BCUT2D eigenvalue weighted by molar-refractivity contribution is -0.383. The summed E-state index contributed by atoms with van der Waals surface area (Å²) in [6.07, 6.45) is 0. The van der Waals surface area contributed by atoms with Crippen LogP contribution in [0.4, 0.5) is 17.1 Å². The monoisotopic (exact) mass is 354 g/mol. The van der Waals surface area contributed by atoms with Gasteiger partial charge in [-0.25, -0.2) is 8.42 Å². The first kappa shape index (κ1) is 16.7. The van der Waals surface area contributed by atoms with Gasteiger partial charge in [-0.15, -0.1) is 0 Å². The highest BCUT2D eigenvalue weighted by atomic mass is 32.2. The highest BCUT2D eigenvalue weighted by Gasteiger charge is 2.17. The van der Waals surface area contributed by atoms with E-state index < -0.39 is 14.8 Å². The van der Waals surface area contributed by atoms with Crippen molar-refractivity contribution < 1.29 is 13.3 Å². The zero-order chi connectivity index (χ0) is 17.9. The second-order valence-electron chi connectivity index (χ2n) is 5.24. The summed E-state index contributed by atoms with van der Waals surface area (Å²) in [5, 5.41) is 14.0. The molecule has 0 aliphatic carbocycles. The summed E-state index contributed by atoms with van der Waals surface area (Å²) in [5.41, 5.74) is 0.843. The quantitative estimate of drug-likeness (QED) is 0.548. The first-order valence-corrected chi connectivity index (χ1v) is 8.87. The van der Waals surface area contributed by atoms with E-state index in [2.05, 4.69) is 5.32 Å². The number of nitrogens with zero attached hydrogens (tertiary/aromatic N) is 1. The van der Waals surface area contributed by atoms with E-state index in [9.17, 15) is 18.5 Å². The van der Waals surface area contributed by atoms with Crippen LogP contribution in [-0.4, -0.2) is 13.3 Å². The number of sulfone groups is 1. The number of hydrogen-bond donors (Lipinski definition) is 1. The van der Waals surface area contributed by atoms with Crippen molar-refractivity contribution in [3.8, 4) is 0 Å². The molecule has 0 fully saturated rings. The van der Waals surface area contributed by atoms with Gasteiger partial charge in [0.25, 0.3) is 5.69 Å². The van der Waals surface area contributed by atoms with Gasteiger partial charge >= 0.3 is 0 Å². The maximum atomic E-state index is 12.5. The summed E-state index contributed by atoms with van der Waals surface area (Å²) in [7, 11) is -3.59. The number of nitro groups is 1. The van der Waals surface area contributed by atoms with Gasteiger partial charge in [0, 0.05) is 11.8 Å². The first-order valence-electron chi connectivity index (χ1n) is 7.39. The lowest BCUT2D eigenvalue weighted by Gasteiger charge is -2.09. The topological polar surface area (TPSA) is 89.3 Å². The molecule has 0 heterocycles. The third-order valence-corrected chi connectivity index (χ3v) is 5.38. The van der Waals surface area contributed by atoms with E-state index in [-0.39, 0.29) is 15.5 Å². The number of hydrogen-bond acceptors (Lipinski definition) is 5. The summed E-state index contributed by atoms with van der Waals surface area (Å²) < 4.78 is 25.1. The van der Waals surface area contributed by atoms with Crippen LogP contribution in [0.2, 0.25) is 0 Å². The summed E-state index contributed by atoms with van der Waals surface area (Å²) in [6, 6.07) is 20.5. The molecule has 3 aromatic rings. The van der Waals surface area contributed by atoms with Crippen LogP contribution in [0.5, 0.6) is 0 Å². The van der Waals surface area contributed by atoms with Crippen molar-refractivity contribution in [1.29, 1.82) is 0 Å². The predicted octanol–water partition coefficient (Wildman–Crippen LogP) is 4.17. The fourth-order valence-electron chi connectivity index (χ4n) is 2.35. The van der Waals surface area contributed by atoms with Crippen molar-refractivity contribution >= 4 is 26.9 Å². The number of para-hydroxylation sites is 2. The summed E-state index contributed by atoms with van der Waals surface area (Å²) in [5.74, 6) is 0. The largest absolute Gasteiger partial charge is 0.350 e. The number of nitrogens with one attached hydrogen (secondary N) is 1. The van der Waals surface area contributed by atoms with Gasteiger partial charge in [-0.2, -0.15) is 0 Å². The molecule has 0 bridgehead atoms. The molecule has 0 amide bonds.